The van der Waals surface area contributed by atoms with Crippen molar-refractivity contribution in [2.24, 2.45) is 0 Å². The molecule has 5 heteroatoms. The van der Waals surface area contributed by atoms with E-state index in [1.165, 1.54) is 0 Å². The van der Waals surface area contributed by atoms with E-state index in [1.807, 2.05) is 6.92 Å². The molecule has 1 aromatic rings. The Hall–Kier alpha value is -1.36. The van der Waals surface area contributed by atoms with Gasteiger partial charge < -0.3 is 0 Å². The van der Waals surface area contributed by atoms with Crippen LogP contribution in [0.2, 0.25) is 0 Å². The third-order valence-corrected chi connectivity index (χ3v) is 1.57. The Kier molecular flexibility index (Phi) is 3.02. The number of carbonyl (C=O) groups excluding carboxylic acids is 1. The second kappa shape index (κ2) is 4.04. The summed E-state index contributed by atoms with van der Waals surface area (Å²) in [5.74, 6) is -0.194. The zero-order valence-corrected chi connectivity index (χ0v) is 8.09. The van der Waals surface area contributed by atoms with E-state index in [0.29, 0.717) is 5.69 Å². The summed E-state index contributed by atoms with van der Waals surface area (Å²) >= 11 is 0. The van der Waals surface area contributed by atoms with Crippen molar-refractivity contribution in [3.63, 3.8) is 0 Å². The van der Waals surface area contributed by atoms with Crippen LogP contribution in [-0.2, 0) is 6.42 Å². The number of amides is 1. The van der Waals surface area contributed by atoms with E-state index in [-0.39, 0.29) is 5.91 Å². The number of rotatable bonds is 3. The lowest BCUT2D eigenvalue weighted by molar-refractivity contribution is 0.0851. The summed E-state index contributed by atoms with van der Waals surface area (Å²) in [5.41, 5.74) is 3.99. The van der Waals surface area contributed by atoms with Crippen molar-refractivity contribution in [3.8, 4) is 0 Å². The summed E-state index contributed by atoms with van der Waals surface area (Å²) in [6, 6.07) is 1.75. The Morgan fingerprint density at radius 2 is 2.38 bits per heavy atom. The zero-order valence-electron chi connectivity index (χ0n) is 8.09. The molecule has 1 rings (SSSR count). The Morgan fingerprint density at radius 1 is 1.69 bits per heavy atom. The molecule has 0 atom stereocenters. The topological polar surface area (TPSA) is 61.0 Å². The van der Waals surface area contributed by atoms with E-state index >= 15 is 0 Å². The second-order valence-corrected chi connectivity index (χ2v) is 2.97. The van der Waals surface area contributed by atoms with E-state index in [9.17, 15) is 4.79 Å². The maximum absolute atomic E-state index is 11.3. The SMILES string of the molecule is CCc1cc(C(=O)NN(C)C)n[nH]1. The molecular weight excluding hydrogens is 168 g/mol. The molecule has 0 saturated heterocycles. The average Bonchev–Trinajstić information content (AvgIpc) is 2.50. The molecule has 0 saturated carbocycles. The normalized spacial score (nSPS) is 10.5. The molecule has 0 aliphatic rings. The van der Waals surface area contributed by atoms with Crippen LogP contribution < -0.4 is 5.43 Å². The standard InChI is InChI=1S/C8H14N4O/c1-4-6-5-7(10-9-6)8(13)11-12(2)3/h5H,4H2,1-3H3,(H,9,10)(H,11,13). The van der Waals surface area contributed by atoms with Crippen LogP contribution in [0.3, 0.4) is 0 Å². The van der Waals surface area contributed by atoms with Gasteiger partial charge in [-0.25, -0.2) is 5.01 Å². The summed E-state index contributed by atoms with van der Waals surface area (Å²) in [5, 5.41) is 8.24. The monoisotopic (exact) mass is 182 g/mol. The van der Waals surface area contributed by atoms with Crippen LogP contribution in [0.5, 0.6) is 0 Å². The molecule has 1 aromatic heterocycles. The molecule has 0 aliphatic carbocycles. The third kappa shape index (κ3) is 2.55. The van der Waals surface area contributed by atoms with Crippen LogP contribution in [0.25, 0.3) is 0 Å². The maximum atomic E-state index is 11.3. The van der Waals surface area contributed by atoms with E-state index in [4.69, 9.17) is 0 Å². The average molecular weight is 182 g/mol. The summed E-state index contributed by atoms with van der Waals surface area (Å²) in [6.45, 7) is 2.00. The van der Waals surface area contributed by atoms with Crippen molar-refractivity contribution in [2.45, 2.75) is 13.3 Å². The van der Waals surface area contributed by atoms with E-state index in [0.717, 1.165) is 12.1 Å². The molecule has 0 radical (unpaired) electrons. The molecule has 0 aliphatic heterocycles. The lowest BCUT2D eigenvalue weighted by Crippen LogP contribution is -2.36. The molecule has 0 spiro atoms. The first-order chi connectivity index (χ1) is 6.13. The predicted molar refractivity (Wildman–Crippen MR) is 49.1 cm³/mol. The van der Waals surface area contributed by atoms with Crippen LogP contribution in [0, 0.1) is 0 Å². The van der Waals surface area contributed by atoms with Crippen molar-refractivity contribution in [1.82, 2.24) is 20.6 Å². The highest BCUT2D eigenvalue weighted by Gasteiger charge is 2.09. The highest BCUT2D eigenvalue weighted by Crippen LogP contribution is 1.99. The number of nitrogens with one attached hydrogen (secondary N) is 2. The first-order valence-corrected chi connectivity index (χ1v) is 4.16. The van der Waals surface area contributed by atoms with E-state index < -0.39 is 0 Å². The first-order valence-electron chi connectivity index (χ1n) is 4.16. The summed E-state index contributed by atoms with van der Waals surface area (Å²) < 4.78 is 0. The Bertz CT molecular complexity index is 292. The van der Waals surface area contributed by atoms with Gasteiger partial charge in [-0.2, -0.15) is 5.10 Å². The highest BCUT2D eigenvalue weighted by molar-refractivity contribution is 5.91. The van der Waals surface area contributed by atoms with Crippen LogP contribution in [0.4, 0.5) is 0 Å². The fraction of sp³-hybridized carbons (Fsp3) is 0.500. The Balaban J connectivity index is 2.66. The van der Waals surface area contributed by atoms with Gasteiger partial charge in [0.15, 0.2) is 5.69 Å². The summed E-state index contributed by atoms with van der Waals surface area (Å²) in [7, 11) is 3.51. The minimum Gasteiger partial charge on any atom is -0.284 e. The molecule has 1 heterocycles. The van der Waals surface area contributed by atoms with Crippen LogP contribution in [-0.4, -0.2) is 35.2 Å². The quantitative estimate of drug-likeness (QED) is 0.655. The minimum atomic E-state index is -0.194. The number of nitrogens with zero attached hydrogens (tertiary/aromatic N) is 2. The Morgan fingerprint density at radius 3 is 2.85 bits per heavy atom. The largest absolute Gasteiger partial charge is 0.286 e. The second-order valence-electron chi connectivity index (χ2n) is 2.97. The van der Waals surface area contributed by atoms with Crippen LogP contribution in [0.1, 0.15) is 23.1 Å². The first kappa shape index (κ1) is 9.73. The maximum Gasteiger partial charge on any atom is 0.286 e. The summed E-state index contributed by atoms with van der Waals surface area (Å²) in [4.78, 5) is 11.3. The molecule has 1 amide bonds. The van der Waals surface area contributed by atoms with Gasteiger partial charge in [-0.05, 0) is 12.5 Å². The van der Waals surface area contributed by atoms with Crippen LogP contribution >= 0.6 is 0 Å². The molecule has 0 unspecified atom stereocenters. The van der Waals surface area contributed by atoms with Crippen molar-refractivity contribution in [2.75, 3.05) is 14.1 Å². The zero-order chi connectivity index (χ0) is 9.84. The fourth-order valence-corrected chi connectivity index (χ4v) is 0.919. The van der Waals surface area contributed by atoms with Crippen LogP contribution in [0.15, 0.2) is 6.07 Å². The number of hydrazine groups is 1. The van der Waals surface area contributed by atoms with Crippen molar-refractivity contribution in [1.29, 1.82) is 0 Å². The minimum absolute atomic E-state index is 0.194. The third-order valence-electron chi connectivity index (χ3n) is 1.57. The van der Waals surface area contributed by atoms with E-state index in [1.54, 1.807) is 25.2 Å². The number of aryl methyl sites for hydroxylation is 1. The van der Waals surface area contributed by atoms with Gasteiger partial charge >= 0.3 is 0 Å². The van der Waals surface area contributed by atoms with Gasteiger partial charge in [0.05, 0.1) is 0 Å². The fourth-order valence-electron chi connectivity index (χ4n) is 0.919. The highest BCUT2D eigenvalue weighted by atomic mass is 16.2. The number of aromatic amines is 1. The van der Waals surface area contributed by atoms with Crippen molar-refractivity contribution >= 4 is 5.91 Å². The van der Waals surface area contributed by atoms with E-state index in [2.05, 4.69) is 15.6 Å². The molecule has 0 aromatic carbocycles. The summed E-state index contributed by atoms with van der Waals surface area (Å²) in [6.07, 6.45) is 0.849. The molecule has 0 fully saturated rings. The van der Waals surface area contributed by atoms with Gasteiger partial charge in [-0.15, -0.1) is 0 Å². The van der Waals surface area contributed by atoms with Crippen molar-refractivity contribution < 1.29 is 4.79 Å². The molecule has 2 N–H and O–H groups in total. The molecule has 72 valence electrons. The molecule has 0 bridgehead atoms. The van der Waals surface area contributed by atoms with Gasteiger partial charge in [-0.3, -0.25) is 15.3 Å². The van der Waals surface area contributed by atoms with Gasteiger partial charge in [0.25, 0.3) is 5.91 Å². The molecule has 5 nitrogen and oxygen atoms in total. The van der Waals surface area contributed by atoms with Gasteiger partial charge in [0.2, 0.25) is 0 Å². The number of carbonyl (C=O) groups is 1. The van der Waals surface area contributed by atoms with Crippen molar-refractivity contribution in [3.05, 3.63) is 17.5 Å². The Labute approximate surface area is 77.1 Å². The number of hydrogen-bond acceptors (Lipinski definition) is 3. The number of hydrogen-bond donors (Lipinski definition) is 2. The van der Waals surface area contributed by atoms with Gasteiger partial charge in [0.1, 0.15) is 0 Å². The smallest absolute Gasteiger partial charge is 0.284 e. The number of H-pyrrole nitrogens is 1. The lowest BCUT2D eigenvalue weighted by atomic mass is 10.3. The number of aromatic nitrogens is 2. The molecule has 13 heavy (non-hydrogen) atoms. The molecular formula is C8H14N4O. The van der Waals surface area contributed by atoms with Gasteiger partial charge in [0, 0.05) is 19.8 Å². The predicted octanol–water partition coefficient (Wildman–Crippen LogP) is 0.178. The van der Waals surface area contributed by atoms with Gasteiger partial charge in [-0.1, -0.05) is 6.92 Å². The lowest BCUT2D eigenvalue weighted by Gasteiger charge is -2.09.